The second kappa shape index (κ2) is 8.36. The smallest absolute Gasteiger partial charge is 0.269 e. The van der Waals surface area contributed by atoms with Gasteiger partial charge in [-0.25, -0.2) is 27.3 Å². The number of nitrogens with one attached hydrogen (secondary N) is 1. The van der Waals surface area contributed by atoms with Gasteiger partial charge in [0.05, 0.1) is 29.0 Å². The molecule has 0 atom stereocenters. The van der Waals surface area contributed by atoms with Crippen LogP contribution in [0.3, 0.4) is 0 Å². The van der Waals surface area contributed by atoms with Crippen molar-refractivity contribution in [2.24, 2.45) is 5.92 Å². The molecule has 10 heteroatoms. The first-order chi connectivity index (χ1) is 17.1. The number of pyridine rings is 1. The topological polar surface area (TPSA) is 122 Å². The Balaban J connectivity index is 1.54. The van der Waals surface area contributed by atoms with Crippen LogP contribution in [0.25, 0.3) is 33.6 Å². The molecule has 6 rings (SSSR count). The van der Waals surface area contributed by atoms with Crippen LogP contribution in [0.15, 0.2) is 66.2 Å². The Hall–Kier alpha value is -3.97. The first-order valence-electron chi connectivity index (χ1n) is 11.6. The molecule has 0 amide bonds. The molecule has 1 saturated carbocycles. The molecule has 0 spiro atoms. The van der Waals surface area contributed by atoms with Crippen LogP contribution in [-0.2, 0) is 10.0 Å². The predicted octanol–water partition coefficient (Wildman–Crippen LogP) is 4.66. The van der Waals surface area contributed by atoms with Gasteiger partial charge in [-0.05, 0) is 49.8 Å². The minimum absolute atomic E-state index is 0.168. The summed E-state index contributed by atoms with van der Waals surface area (Å²) in [6.07, 6.45) is 11.0. The van der Waals surface area contributed by atoms with Gasteiger partial charge in [0.2, 0.25) is 0 Å². The van der Waals surface area contributed by atoms with E-state index in [-0.39, 0.29) is 10.9 Å². The van der Waals surface area contributed by atoms with Crippen LogP contribution in [0.5, 0.6) is 0 Å². The van der Waals surface area contributed by atoms with Crippen molar-refractivity contribution in [3.63, 3.8) is 0 Å². The SMILES string of the molecule is N#CC[C@H]1CC[C@H](n2c(-c3c[nH]cn3)nc3cnc4c(ccn4S(=O)(=O)c4ccccc4)c32)CC1. The summed E-state index contributed by atoms with van der Waals surface area (Å²) in [5.41, 5.74) is 2.65. The first kappa shape index (κ1) is 21.6. The summed E-state index contributed by atoms with van der Waals surface area (Å²) in [5.74, 6) is 1.15. The Kier molecular flexibility index (Phi) is 5.15. The molecule has 35 heavy (non-hydrogen) atoms. The fourth-order valence-electron chi connectivity index (χ4n) is 5.20. The van der Waals surface area contributed by atoms with Crippen molar-refractivity contribution in [2.45, 2.75) is 43.0 Å². The first-order valence-corrected chi connectivity index (χ1v) is 13.1. The molecule has 1 fully saturated rings. The van der Waals surface area contributed by atoms with Gasteiger partial charge in [0.1, 0.15) is 11.2 Å². The van der Waals surface area contributed by atoms with Crippen LogP contribution < -0.4 is 0 Å². The number of hydrogen-bond donors (Lipinski definition) is 1. The third kappa shape index (κ3) is 3.51. The minimum atomic E-state index is -3.80. The molecule has 4 aromatic heterocycles. The molecule has 176 valence electrons. The maximum atomic E-state index is 13.4. The predicted molar refractivity (Wildman–Crippen MR) is 131 cm³/mol. The van der Waals surface area contributed by atoms with Gasteiger partial charge in [0.25, 0.3) is 10.0 Å². The molecule has 1 N–H and O–H groups in total. The normalized spacial score (nSPS) is 18.7. The Morgan fingerprint density at radius 1 is 1.09 bits per heavy atom. The Bertz CT molecular complexity index is 1650. The van der Waals surface area contributed by atoms with Gasteiger partial charge in [-0.2, -0.15) is 5.26 Å². The highest BCUT2D eigenvalue weighted by molar-refractivity contribution is 7.90. The molecule has 0 unspecified atom stereocenters. The van der Waals surface area contributed by atoms with E-state index in [1.54, 1.807) is 55.1 Å². The van der Waals surface area contributed by atoms with E-state index in [1.165, 1.54) is 3.97 Å². The summed E-state index contributed by atoms with van der Waals surface area (Å²) >= 11 is 0. The lowest BCUT2D eigenvalue weighted by atomic mass is 9.84. The van der Waals surface area contributed by atoms with Crippen molar-refractivity contribution in [3.05, 3.63) is 61.3 Å². The summed E-state index contributed by atoms with van der Waals surface area (Å²) in [6, 6.07) is 12.6. The van der Waals surface area contributed by atoms with Crippen molar-refractivity contribution in [1.82, 2.24) is 28.5 Å². The van der Waals surface area contributed by atoms with Crippen LogP contribution in [0.1, 0.15) is 38.1 Å². The highest BCUT2D eigenvalue weighted by atomic mass is 32.2. The monoisotopic (exact) mass is 485 g/mol. The maximum absolute atomic E-state index is 13.4. The number of aromatic amines is 1. The molecule has 9 nitrogen and oxygen atoms in total. The van der Waals surface area contributed by atoms with Crippen molar-refractivity contribution >= 4 is 32.1 Å². The molecular formula is C25H23N7O2S. The van der Waals surface area contributed by atoms with Crippen LogP contribution >= 0.6 is 0 Å². The molecule has 1 aliphatic carbocycles. The van der Waals surface area contributed by atoms with E-state index in [9.17, 15) is 8.42 Å². The fraction of sp³-hybridized carbons (Fsp3) is 0.280. The van der Waals surface area contributed by atoms with Gasteiger partial charge in [0, 0.05) is 30.2 Å². The Labute approximate surface area is 202 Å². The lowest BCUT2D eigenvalue weighted by Gasteiger charge is -2.29. The molecule has 0 saturated heterocycles. The van der Waals surface area contributed by atoms with Gasteiger partial charge in [-0.1, -0.05) is 18.2 Å². The van der Waals surface area contributed by atoms with E-state index in [0.29, 0.717) is 23.5 Å². The molecule has 0 aliphatic heterocycles. The van der Waals surface area contributed by atoms with Gasteiger partial charge >= 0.3 is 0 Å². The average molecular weight is 486 g/mol. The van der Waals surface area contributed by atoms with E-state index in [1.807, 2.05) is 6.20 Å². The van der Waals surface area contributed by atoms with Gasteiger partial charge in [0.15, 0.2) is 11.5 Å². The Morgan fingerprint density at radius 2 is 1.89 bits per heavy atom. The summed E-state index contributed by atoms with van der Waals surface area (Å²) in [4.78, 5) is 17.1. The number of rotatable bonds is 5. The van der Waals surface area contributed by atoms with E-state index in [2.05, 4.69) is 25.6 Å². The van der Waals surface area contributed by atoms with E-state index in [0.717, 1.165) is 48.1 Å². The molecule has 0 radical (unpaired) electrons. The van der Waals surface area contributed by atoms with Crippen LogP contribution in [0.4, 0.5) is 0 Å². The zero-order valence-corrected chi connectivity index (χ0v) is 19.7. The molecular weight excluding hydrogens is 462 g/mol. The van der Waals surface area contributed by atoms with Crippen LogP contribution in [-0.4, -0.2) is 36.9 Å². The number of aromatic nitrogens is 6. The fourth-order valence-corrected chi connectivity index (χ4v) is 6.53. The number of fused-ring (bicyclic) bond motifs is 3. The van der Waals surface area contributed by atoms with Crippen LogP contribution in [0, 0.1) is 17.2 Å². The Morgan fingerprint density at radius 3 is 2.60 bits per heavy atom. The van der Waals surface area contributed by atoms with E-state index < -0.39 is 10.0 Å². The van der Waals surface area contributed by atoms with Crippen molar-refractivity contribution in [2.75, 3.05) is 0 Å². The lowest BCUT2D eigenvalue weighted by Crippen LogP contribution is -2.19. The van der Waals surface area contributed by atoms with Crippen molar-refractivity contribution in [1.29, 1.82) is 5.26 Å². The molecule has 1 aliphatic rings. The average Bonchev–Trinajstić information content (AvgIpc) is 3.63. The largest absolute Gasteiger partial charge is 0.350 e. The summed E-state index contributed by atoms with van der Waals surface area (Å²) in [7, 11) is -3.80. The van der Waals surface area contributed by atoms with Gasteiger partial charge in [-0.15, -0.1) is 0 Å². The molecule has 5 aromatic rings. The standard InChI is InChI=1S/C25H23N7O2S/c26-12-10-17-6-8-18(9-7-17)32-23-20-11-13-31(35(33,34)19-4-2-1-3-5-19)24(20)28-15-21(23)30-25(32)22-14-27-16-29-22/h1-5,11,13-18H,6-10H2,(H,27,29)/t17-,18-. The summed E-state index contributed by atoms with van der Waals surface area (Å²) in [5, 5.41) is 9.84. The third-order valence-corrected chi connectivity index (χ3v) is 8.60. The van der Waals surface area contributed by atoms with E-state index in [4.69, 9.17) is 10.2 Å². The quantitative estimate of drug-likeness (QED) is 0.386. The number of H-pyrrole nitrogens is 1. The highest BCUT2D eigenvalue weighted by Crippen LogP contribution is 2.40. The molecule has 0 bridgehead atoms. The summed E-state index contributed by atoms with van der Waals surface area (Å²) < 4.78 is 30.2. The van der Waals surface area contributed by atoms with Crippen molar-refractivity contribution in [3.8, 4) is 17.6 Å². The number of nitriles is 1. The van der Waals surface area contributed by atoms with Gasteiger partial charge < -0.3 is 9.55 Å². The van der Waals surface area contributed by atoms with Crippen LogP contribution in [0.2, 0.25) is 0 Å². The van der Waals surface area contributed by atoms with Gasteiger partial charge in [-0.3, -0.25) is 0 Å². The summed E-state index contributed by atoms with van der Waals surface area (Å²) in [6.45, 7) is 0. The number of benzene rings is 1. The second-order valence-electron chi connectivity index (χ2n) is 8.96. The van der Waals surface area contributed by atoms with Crippen molar-refractivity contribution < 1.29 is 8.42 Å². The van der Waals surface area contributed by atoms with E-state index >= 15 is 0 Å². The number of nitrogens with zero attached hydrogens (tertiary/aromatic N) is 6. The molecule has 4 heterocycles. The zero-order valence-electron chi connectivity index (χ0n) is 18.9. The number of hydrogen-bond acceptors (Lipinski definition) is 6. The highest BCUT2D eigenvalue weighted by Gasteiger charge is 2.29. The minimum Gasteiger partial charge on any atom is -0.350 e. The third-order valence-electron chi connectivity index (χ3n) is 6.92. The zero-order chi connectivity index (χ0) is 24.0. The maximum Gasteiger partial charge on any atom is 0.269 e. The second-order valence-corrected chi connectivity index (χ2v) is 10.8. The number of imidazole rings is 2. The lowest BCUT2D eigenvalue weighted by molar-refractivity contribution is 0.283. The molecule has 1 aromatic carbocycles.